The molecule has 6 heteroatoms. The SMILES string of the molecule is CCOC(=O)C1CCN(Cc2nc(NC)ccc2Cl)CC1. The summed E-state index contributed by atoms with van der Waals surface area (Å²) in [5.41, 5.74) is 0.873. The second-order valence-electron chi connectivity index (χ2n) is 5.18. The normalized spacial score (nSPS) is 16.7. The van der Waals surface area contributed by atoms with Crippen LogP contribution in [0.25, 0.3) is 0 Å². The molecule has 0 saturated carbocycles. The van der Waals surface area contributed by atoms with Gasteiger partial charge in [0.2, 0.25) is 0 Å². The third kappa shape index (κ3) is 4.32. The van der Waals surface area contributed by atoms with E-state index in [1.54, 1.807) is 0 Å². The van der Waals surface area contributed by atoms with Crippen LogP contribution in [0.5, 0.6) is 0 Å². The molecule has 0 atom stereocenters. The second kappa shape index (κ2) is 7.61. The van der Waals surface area contributed by atoms with E-state index in [2.05, 4.69) is 15.2 Å². The molecule has 0 aromatic carbocycles. The van der Waals surface area contributed by atoms with Gasteiger partial charge in [-0.05, 0) is 45.0 Å². The van der Waals surface area contributed by atoms with E-state index in [0.29, 0.717) is 18.2 Å². The van der Waals surface area contributed by atoms with Gasteiger partial charge in [0.15, 0.2) is 0 Å². The van der Waals surface area contributed by atoms with Crippen molar-refractivity contribution >= 4 is 23.4 Å². The van der Waals surface area contributed by atoms with Gasteiger partial charge in [0.05, 0.1) is 23.2 Å². The highest BCUT2D eigenvalue weighted by Crippen LogP contribution is 2.23. The first kappa shape index (κ1) is 16.0. The number of nitrogens with one attached hydrogen (secondary N) is 1. The van der Waals surface area contributed by atoms with Crippen LogP contribution >= 0.6 is 11.6 Å². The number of piperidine rings is 1. The van der Waals surface area contributed by atoms with Gasteiger partial charge in [-0.15, -0.1) is 0 Å². The summed E-state index contributed by atoms with van der Waals surface area (Å²) in [5, 5.41) is 3.70. The van der Waals surface area contributed by atoms with Gasteiger partial charge in [0.1, 0.15) is 5.82 Å². The fourth-order valence-corrected chi connectivity index (χ4v) is 2.70. The van der Waals surface area contributed by atoms with Crippen LogP contribution in [-0.4, -0.2) is 42.6 Å². The first-order chi connectivity index (χ1) is 10.1. The van der Waals surface area contributed by atoms with E-state index in [1.165, 1.54) is 0 Å². The fraction of sp³-hybridized carbons (Fsp3) is 0.600. The van der Waals surface area contributed by atoms with Gasteiger partial charge in [0, 0.05) is 13.6 Å². The number of anilines is 1. The molecule has 1 fully saturated rings. The number of hydrogen-bond donors (Lipinski definition) is 1. The highest BCUT2D eigenvalue weighted by atomic mass is 35.5. The van der Waals surface area contributed by atoms with E-state index in [1.807, 2.05) is 26.1 Å². The van der Waals surface area contributed by atoms with Crippen LogP contribution in [0.2, 0.25) is 5.02 Å². The molecule has 1 aromatic rings. The summed E-state index contributed by atoms with van der Waals surface area (Å²) in [5.74, 6) is 0.787. The lowest BCUT2D eigenvalue weighted by Gasteiger charge is -2.30. The number of nitrogens with zero attached hydrogens (tertiary/aromatic N) is 2. The summed E-state index contributed by atoms with van der Waals surface area (Å²) in [6.45, 7) is 4.74. The Hall–Kier alpha value is -1.33. The maximum Gasteiger partial charge on any atom is 0.309 e. The molecule has 0 unspecified atom stereocenters. The van der Waals surface area contributed by atoms with Crippen LogP contribution in [0.4, 0.5) is 5.82 Å². The average molecular weight is 312 g/mol. The summed E-state index contributed by atoms with van der Waals surface area (Å²) in [7, 11) is 1.84. The molecule has 2 rings (SSSR count). The minimum absolute atomic E-state index is 0.0354. The standard InChI is InChI=1S/C15H22ClN3O2/c1-3-21-15(20)11-6-8-19(9-7-11)10-13-12(16)4-5-14(17-2)18-13/h4-5,11H,3,6-10H2,1-2H3,(H,17,18). The quantitative estimate of drug-likeness (QED) is 0.847. The lowest BCUT2D eigenvalue weighted by molar-refractivity contribution is -0.149. The van der Waals surface area contributed by atoms with Crippen LogP contribution in [0.3, 0.4) is 0 Å². The molecule has 0 radical (unpaired) electrons. The van der Waals surface area contributed by atoms with Gasteiger partial charge in [-0.25, -0.2) is 4.98 Å². The topological polar surface area (TPSA) is 54.5 Å². The van der Waals surface area contributed by atoms with Gasteiger partial charge in [-0.3, -0.25) is 9.69 Å². The molecule has 5 nitrogen and oxygen atoms in total. The van der Waals surface area contributed by atoms with Crippen LogP contribution in [0.15, 0.2) is 12.1 Å². The van der Waals surface area contributed by atoms with Crippen LogP contribution in [0.1, 0.15) is 25.5 Å². The molecular weight excluding hydrogens is 290 g/mol. The van der Waals surface area contributed by atoms with Crippen molar-refractivity contribution in [3.8, 4) is 0 Å². The van der Waals surface area contributed by atoms with Crippen molar-refractivity contribution in [1.29, 1.82) is 0 Å². The molecule has 1 saturated heterocycles. The molecule has 21 heavy (non-hydrogen) atoms. The molecule has 1 aliphatic heterocycles. The van der Waals surface area contributed by atoms with E-state index in [-0.39, 0.29) is 11.9 Å². The van der Waals surface area contributed by atoms with Gasteiger partial charge >= 0.3 is 5.97 Å². The van der Waals surface area contributed by atoms with Crippen molar-refractivity contribution in [2.24, 2.45) is 5.92 Å². The molecule has 1 aromatic heterocycles. The summed E-state index contributed by atoms with van der Waals surface area (Å²) in [6, 6.07) is 3.72. The Morgan fingerprint density at radius 1 is 1.48 bits per heavy atom. The van der Waals surface area contributed by atoms with Gasteiger partial charge in [-0.2, -0.15) is 0 Å². The summed E-state index contributed by atoms with van der Waals surface area (Å²) in [4.78, 5) is 18.5. The predicted octanol–water partition coefficient (Wildman–Crippen LogP) is 2.55. The van der Waals surface area contributed by atoms with Crippen molar-refractivity contribution in [3.05, 3.63) is 22.8 Å². The number of carbonyl (C=O) groups excluding carboxylic acids is 1. The Balaban J connectivity index is 1.90. The van der Waals surface area contributed by atoms with Crippen molar-refractivity contribution in [1.82, 2.24) is 9.88 Å². The van der Waals surface area contributed by atoms with Gasteiger partial charge in [0.25, 0.3) is 0 Å². The maximum atomic E-state index is 11.7. The molecule has 0 aliphatic carbocycles. The Morgan fingerprint density at radius 2 is 2.19 bits per heavy atom. The number of pyridine rings is 1. The van der Waals surface area contributed by atoms with Crippen LogP contribution in [-0.2, 0) is 16.1 Å². The number of rotatable bonds is 5. The molecule has 0 bridgehead atoms. The molecule has 1 aliphatic rings. The maximum absolute atomic E-state index is 11.7. The van der Waals surface area contributed by atoms with E-state index >= 15 is 0 Å². The van der Waals surface area contributed by atoms with Gasteiger partial charge < -0.3 is 10.1 Å². The lowest BCUT2D eigenvalue weighted by Crippen LogP contribution is -2.36. The zero-order valence-corrected chi connectivity index (χ0v) is 13.3. The zero-order valence-electron chi connectivity index (χ0n) is 12.6. The lowest BCUT2D eigenvalue weighted by atomic mass is 9.97. The predicted molar refractivity (Wildman–Crippen MR) is 83.4 cm³/mol. The average Bonchev–Trinajstić information content (AvgIpc) is 2.50. The number of esters is 1. The van der Waals surface area contributed by atoms with Crippen molar-refractivity contribution in [2.45, 2.75) is 26.3 Å². The number of likely N-dealkylation sites (tertiary alicyclic amines) is 1. The Morgan fingerprint density at radius 3 is 2.81 bits per heavy atom. The third-order valence-electron chi connectivity index (χ3n) is 3.76. The van der Waals surface area contributed by atoms with Crippen molar-refractivity contribution < 1.29 is 9.53 Å². The van der Waals surface area contributed by atoms with Crippen molar-refractivity contribution in [2.75, 3.05) is 32.1 Å². The van der Waals surface area contributed by atoms with Crippen LogP contribution in [0, 0.1) is 5.92 Å². The molecule has 2 heterocycles. The summed E-state index contributed by atoms with van der Waals surface area (Å²) < 4.78 is 5.09. The smallest absolute Gasteiger partial charge is 0.309 e. The minimum Gasteiger partial charge on any atom is -0.466 e. The number of carbonyl (C=O) groups is 1. The highest BCUT2D eigenvalue weighted by molar-refractivity contribution is 6.31. The molecular formula is C15H22ClN3O2. The monoisotopic (exact) mass is 311 g/mol. The Bertz CT molecular complexity index is 488. The van der Waals surface area contributed by atoms with Crippen LogP contribution < -0.4 is 5.32 Å². The van der Waals surface area contributed by atoms with Gasteiger partial charge in [-0.1, -0.05) is 11.6 Å². The fourth-order valence-electron chi connectivity index (χ4n) is 2.53. The minimum atomic E-state index is -0.0644. The zero-order chi connectivity index (χ0) is 15.2. The number of halogens is 1. The van der Waals surface area contributed by atoms with Crippen molar-refractivity contribution in [3.63, 3.8) is 0 Å². The third-order valence-corrected chi connectivity index (χ3v) is 4.10. The van der Waals surface area contributed by atoms with E-state index in [4.69, 9.17) is 16.3 Å². The van der Waals surface area contributed by atoms with E-state index in [0.717, 1.165) is 37.4 Å². The highest BCUT2D eigenvalue weighted by Gasteiger charge is 2.26. The molecule has 0 amide bonds. The Kier molecular flexibility index (Phi) is 5.82. The first-order valence-corrected chi connectivity index (χ1v) is 7.74. The Labute approximate surface area is 130 Å². The number of aromatic nitrogens is 1. The second-order valence-corrected chi connectivity index (χ2v) is 5.58. The molecule has 116 valence electrons. The summed E-state index contributed by atoms with van der Waals surface area (Å²) >= 11 is 6.20. The molecule has 0 spiro atoms. The first-order valence-electron chi connectivity index (χ1n) is 7.36. The van der Waals surface area contributed by atoms with E-state index < -0.39 is 0 Å². The largest absolute Gasteiger partial charge is 0.466 e. The number of ether oxygens (including phenoxy) is 1. The number of hydrogen-bond acceptors (Lipinski definition) is 5. The molecule has 1 N–H and O–H groups in total. The van der Waals surface area contributed by atoms with E-state index in [9.17, 15) is 4.79 Å². The summed E-state index contributed by atoms with van der Waals surface area (Å²) in [6.07, 6.45) is 1.67.